The van der Waals surface area contributed by atoms with Gasteiger partial charge in [0.2, 0.25) is 11.8 Å². The molecule has 0 spiro atoms. The third-order valence-electron chi connectivity index (χ3n) is 3.77. The van der Waals surface area contributed by atoms with Gasteiger partial charge in [0, 0.05) is 18.5 Å². The molecule has 0 unspecified atom stereocenters. The van der Waals surface area contributed by atoms with Crippen molar-refractivity contribution >= 4 is 0 Å². The Kier molecular flexibility index (Phi) is 5.58. The molecule has 0 saturated carbocycles. The lowest BCUT2D eigenvalue weighted by molar-refractivity contribution is 0.409. The Morgan fingerprint density at radius 3 is 2.50 bits per heavy atom. The van der Waals surface area contributed by atoms with Gasteiger partial charge in [-0.2, -0.15) is 0 Å². The maximum atomic E-state index is 5.69. The largest absolute Gasteiger partial charge is 0.496 e. The van der Waals surface area contributed by atoms with Crippen molar-refractivity contribution in [2.24, 2.45) is 0 Å². The second-order valence-electron chi connectivity index (χ2n) is 5.43. The van der Waals surface area contributed by atoms with E-state index in [0.717, 1.165) is 30.8 Å². The van der Waals surface area contributed by atoms with E-state index in [1.165, 1.54) is 5.56 Å². The maximum Gasteiger partial charge on any atom is 0.247 e. The van der Waals surface area contributed by atoms with E-state index in [4.69, 9.17) is 9.15 Å². The van der Waals surface area contributed by atoms with Crippen molar-refractivity contribution in [1.82, 2.24) is 15.5 Å². The van der Waals surface area contributed by atoms with Crippen LogP contribution in [-0.4, -0.2) is 30.4 Å². The zero-order valence-electron chi connectivity index (χ0n) is 13.7. The van der Waals surface area contributed by atoms with E-state index in [2.05, 4.69) is 21.6 Å². The molecule has 1 N–H and O–H groups in total. The summed E-state index contributed by atoms with van der Waals surface area (Å²) in [4.78, 5) is 0. The Hall–Kier alpha value is -2.66. The zero-order valence-corrected chi connectivity index (χ0v) is 13.7. The maximum absolute atomic E-state index is 5.69. The topological polar surface area (TPSA) is 60.2 Å². The van der Waals surface area contributed by atoms with Gasteiger partial charge in [0.25, 0.3) is 0 Å². The number of benzene rings is 2. The summed E-state index contributed by atoms with van der Waals surface area (Å²) in [6, 6.07) is 17.9. The molecule has 3 rings (SSSR count). The predicted octanol–water partition coefficient (Wildman–Crippen LogP) is 3.12. The SMILES string of the molecule is COc1ccccc1CCNCCc1nnc(-c2ccccc2)o1. The van der Waals surface area contributed by atoms with Crippen molar-refractivity contribution in [3.63, 3.8) is 0 Å². The lowest BCUT2D eigenvalue weighted by Crippen LogP contribution is -2.20. The monoisotopic (exact) mass is 323 g/mol. The molecule has 0 bridgehead atoms. The van der Waals surface area contributed by atoms with Gasteiger partial charge in [-0.3, -0.25) is 0 Å². The number of aromatic nitrogens is 2. The smallest absolute Gasteiger partial charge is 0.247 e. The van der Waals surface area contributed by atoms with Crippen LogP contribution in [0.2, 0.25) is 0 Å². The van der Waals surface area contributed by atoms with Crippen LogP contribution >= 0.6 is 0 Å². The minimum Gasteiger partial charge on any atom is -0.496 e. The van der Waals surface area contributed by atoms with E-state index in [0.29, 0.717) is 18.2 Å². The van der Waals surface area contributed by atoms with Crippen molar-refractivity contribution in [3.8, 4) is 17.2 Å². The molecule has 0 radical (unpaired) electrons. The number of ether oxygens (including phenoxy) is 1. The molecule has 0 aliphatic carbocycles. The van der Waals surface area contributed by atoms with E-state index in [1.54, 1.807) is 7.11 Å². The lowest BCUT2D eigenvalue weighted by Gasteiger charge is -2.08. The van der Waals surface area contributed by atoms with Crippen LogP contribution in [0.1, 0.15) is 11.5 Å². The minimum atomic E-state index is 0.569. The molecule has 124 valence electrons. The van der Waals surface area contributed by atoms with E-state index in [-0.39, 0.29) is 0 Å². The molecule has 5 nitrogen and oxygen atoms in total. The molecular weight excluding hydrogens is 302 g/mol. The number of nitrogens with zero attached hydrogens (tertiary/aromatic N) is 2. The number of methoxy groups -OCH3 is 1. The van der Waals surface area contributed by atoms with E-state index < -0.39 is 0 Å². The first-order chi connectivity index (χ1) is 11.9. The number of para-hydroxylation sites is 1. The normalized spacial score (nSPS) is 10.7. The molecule has 0 saturated heterocycles. The van der Waals surface area contributed by atoms with Gasteiger partial charge in [-0.05, 0) is 36.7 Å². The van der Waals surface area contributed by atoms with Crippen LogP contribution < -0.4 is 10.1 Å². The van der Waals surface area contributed by atoms with E-state index in [1.807, 2.05) is 48.5 Å². The average molecular weight is 323 g/mol. The third kappa shape index (κ3) is 4.20. The van der Waals surface area contributed by atoms with Crippen molar-refractivity contribution in [1.29, 1.82) is 0 Å². The Labute approximate surface area is 141 Å². The van der Waals surface area contributed by atoms with Crippen molar-refractivity contribution in [2.45, 2.75) is 12.8 Å². The summed E-state index contributed by atoms with van der Waals surface area (Å²) < 4.78 is 11.0. The van der Waals surface area contributed by atoms with Crippen LogP contribution in [0, 0.1) is 0 Å². The fraction of sp³-hybridized carbons (Fsp3) is 0.263. The van der Waals surface area contributed by atoms with Gasteiger partial charge >= 0.3 is 0 Å². The summed E-state index contributed by atoms with van der Waals surface area (Å²) in [7, 11) is 1.70. The number of nitrogens with one attached hydrogen (secondary N) is 1. The average Bonchev–Trinajstić information content (AvgIpc) is 3.11. The second kappa shape index (κ2) is 8.26. The summed E-state index contributed by atoms with van der Waals surface area (Å²) >= 11 is 0. The number of hydrogen-bond acceptors (Lipinski definition) is 5. The molecular formula is C19H21N3O2. The Morgan fingerprint density at radius 1 is 0.917 bits per heavy atom. The molecule has 2 aromatic carbocycles. The minimum absolute atomic E-state index is 0.569. The van der Waals surface area contributed by atoms with Crippen molar-refractivity contribution in [2.75, 3.05) is 20.2 Å². The summed E-state index contributed by atoms with van der Waals surface area (Å²) in [6.45, 7) is 1.67. The van der Waals surface area contributed by atoms with Crippen molar-refractivity contribution < 1.29 is 9.15 Å². The molecule has 0 aliphatic rings. The molecule has 1 aromatic heterocycles. The van der Waals surface area contributed by atoms with Crippen LogP contribution in [0.15, 0.2) is 59.0 Å². The fourth-order valence-electron chi connectivity index (χ4n) is 2.50. The highest BCUT2D eigenvalue weighted by molar-refractivity contribution is 5.51. The van der Waals surface area contributed by atoms with Gasteiger partial charge in [-0.15, -0.1) is 10.2 Å². The fourth-order valence-corrected chi connectivity index (χ4v) is 2.50. The quantitative estimate of drug-likeness (QED) is 0.645. The third-order valence-corrected chi connectivity index (χ3v) is 3.77. The number of rotatable bonds is 8. The van der Waals surface area contributed by atoms with Crippen LogP contribution in [0.3, 0.4) is 0 Å². The van der Waals surface area contributed by atoms with Gasteiger partial charge in [0.1, 0.15) is 5.75 Å². The van der Waals surface area contributed by atoms with Gasteiger partial charge in [0.05, 0.1) is 7.11 Å². The Balaban J connectivity index is 1.43. The lowest BCUT2D eigenvalue weighted by atomic mass is 10.1. The highest BCUT2D eigenvalue weighted by Crippen LogP contribution is 2.18. The van der Waals surface area contributed by atoms with Gasteiger partial charge in [-0.25, -0.2) is 0 Å². The van der Waals surface area contributed by atoms with E-state index >= 15 is 0 Å². The first-order valence-electron chi connectivity index (χ1n) is 8.07. The van der Waals surface area contributed by atoms with Gasteiger partial charge < -0.3 is 14.5 Å². The summed E-state index contributed by atoms with van der Waals surface area (Å²) in [5.41, 5.74) is 2.15. The molecule has 5 heteroatoms. The van der Waals surface area contributed by atoms with Crippen LogP contribution in [0.4, 0.5) is 0 Å². The molecule has 24 heavy (non-hydrogen) atoms. The molecule has 0 aliphatic heterocycles. The highest BCUT2D eigenvalue weighted by atomic mass is 16.5. The summed E-state index contributed by atoms with van der Waals surface area (Å²) in [5, 5.41) is 11.6. The standard InChI is InChI=1S/C19H21N3O2/c1-23-17-10-6-5-7-15(17)11-13-20-14-12-18-21-22-19(24-18)16-8-3-2-4-9-16/h2-10,20H,11-14H2,1H3. The van der Waals surface area contributed by atoms with Gasteiger partial charge in [-0.1, -0.05) is 36.4 Å². The Morgan fingerprint density at radius 2 is 1.67 bits per heavy atom. The molecule has 1 heterocycles. The molecule has 3 aromatic rings. The van der Waals surface area contributed by atoms with Crippen LogP contribution in [-0.2, 0) is 12.8 Å². The molecule has 0 amide bonds. The van der Waals surface area contributed by atoms with E-state index in [9.17, 15) is 0 Å². The first-order valence-corrected chi connectivity index (χ1v) is 8.07. The second-order valence-corrected chi connectivity index (χ2v) is 5.43. The molecule has 0 fully saturated rings. The van der Waals surface area contributed by atoms with Crippen LogP contribution in [0.5, 0.6) is 5.75 Å². The number of hydrogen-bond donors (Lipinski definition) is 1. The Bertz CT molecular complexity index is 756. The first kappa shape index (κ1) is 16.2. The summed E-state index contributed by atoms with van der Waals surface area (Å²) in [5.74, 6) is 2.15. The van der Waals surface area contributed by atoms with Crippen molar-refractivity contribution in [3.05, 3.63) is 66.1 Å². The summed E-state index contributed by atoms with van der Waals surface area (Å²) in [6.07, 6.45) is 1.63. The zero-order chi connectivity index (χ0) is 16.6. The predicted molar refractivity (Wildman–Crippen MR) is 93.0 cm³/mol. The highest BCUT2D eigenvalue weighted by Gasteiger charge is 2.07. The van der Waals surface area contributed by atoms with Crippen LogP contribution in [0.25, 0.3) is 11.5 Å². The molecule has 0 atom stereocenters. The van der Waals surface area contributed by atoms with Gasteiger partial charge in [0.15, 0.2) is 0 Å².